The molecular weight excluding hydrogens is 256 g/mol. The summed E-state index contributed by atoms with van der Waals surface area (Å²) in [5.41, 5.74) is 2.01. The maximum atomic E-state index is 10.6. The highest BCUT2D eigenvalue weighted by molar-refractivity contribution is 5.50. The molecule has 0 amide bonds. The Morgan fingerprint density at radius 3 is 2.35 bits per heavy atom. The van der Waals surface area contributed by atoms with Crippen molar-refractivity contribution in [2.45, 2.75) is 6.04 Å². The molecule has 104 valence electrons. The van der Waals surface area contributed by atoms with Gasteiger partial charge in [0.05, 0.1) is 17.6 Å². The molecule has 0 aromatic heterocycles. The standard InChI is InChI=1S/C15H16N2O3/c1-20-11-15(12-5-3-2-4-6-12)16-13-7-9-14(10-8-13)17(18)19/h2-10,15-16H,11H2,1H3. The number of methoxy groups -OCH3 is 1. The monoisotopic (exact) mass is 272 g/mol. The number of nitro groups is 1. The SMILES string of the molecule is COCC(Nc1ccc([N+](=O)[O-])cc1)c1ccccc1. The average Bonchev–Trinajstić information content (AvgIpc) is 2.48. The lowest BCUT2D eigenvalue weighted by Gasteiger charge is -2.19. The summed E-state index contributed by atoms with van der Waals surface area (Å²) in [6.45, 7) is 0.515. The Balaban J connectivity index is 2.14. The molecule has 0 heterocycles. The fraction of sp³-hybridized carbons (Fsp3) is 0.200. The maximum Gasteiger partial charge on any atom is 0.269 e. The zero-order chi connectivity index (χ0) is 14.4. The predicted octanol–water partition coefficient (Wildman–Crippen LogP) is 3.39. The van der Waals surface area contributed by atoms with E-state index in [1.54, 1.807) is 19.2 Å². The van der Waals surface area contributed by atoms with Gasteiger partial charge in [0, 0.05) is 24.9 Å². The van der Waals surface area contributed by atoms with Crippen LogP contribution in [0.25, 0.3) is 0 Å². The molecule has 0 radical (unpaired) electrons. The first-order valence-electron chi connectivity index (χ1n) is 6.25. The van der Waals surface area contributed by atoms with E-state index in [1.165, 1.54) is 12.1 Å². The van der Waals surface area contributed by atoms with Gasteiger partial charge in [-0.15, -0.1) is 0 Å². The molecule has 5 nitrogen and oxygen atoms in total. The molecule has 2 aromatic carbocycles. The molecule has 0 fully saturated rings. The quantitative estimate of drug-likeness (QED) is 0.646. The summed E-state index contributed by atoms with van der Waals surface area (Å²) in [5, 5.41) is 13.9. The topological polar surface area (TPSA) is 64.4 Å². The third kappa shape index (κ3) is 3.55. The van der Waals surface area contributed by atoms with Crippen molar-refractivity contribution in [3.8, 4) is 0 Å². The van der Waals surface area contributed by atoms with Crippen LogP contribution in [0, 0.1) is 10.1 Å². The van der Waals surface area contributed by atoms with E-state index in [0.717, 1.165) is 11.3 Å². The van der Waals surface area contributed by atoms with E-state index in [2.05, 4.69) is 5.32 Å². The summed E-state index contributed by atoms with van der Waals surface area (Å²) >= 11 is 0. The van der Waals surface area contributed by atoms with Crippen molar-refractivity contribution in [3.63, 3.8) is 0 Å². The maximum absolute atomic E-state index is 10.6. The summed E-state index contributed by atoms with van der Waals surface area (Å²) in [4.78, 5) is 10.2. The Labute approximate surface area is 117 Å². The molecule has 0 saturated heterocycles. The molecular formula is C15H16N2O3. The van der Waals surface area contributed by atoms with E-state index < -0.39 is 4.92 Å². The van der Waals surface area contributed by atoms with Crippen LogP contribution >= 0.6 is 0 Å². The summed E-state index contributed by atoms with van der Waals surface area (Å²) in [5.74, 6) is 0. The number of anilines is 1. The molecule has 1 atom stereocenters. The number of rotatable bonds is 6. The summed E-state index contributed by atoms with van der Waals surface area (Å²) in [6.07, 6.45) is 0. The van der Waals surface area contributed by atoms with Gasteiger partial charge in [-0.1, -0.05) is 30.3 Å². The Morgan fingerprint density at radius 2 is 1.80 bits per heavy atom. The fourth-order valence-corrected chi connectivity index (χ4v) is 1.95. The van der Waals surface area contributed by atoms with Gasteiger partial charge in [0.15, 0.2) is 0 Å². The van der Waals surface area contributed by atoms with Crippen molar-refractivity contribution in [1.29, 1.82) is 0 Å². The Bertz CT molecular complexity index is 555. The molecule has 20 heavy (non-hydrogen) atoms. The van der Waals surface area contributed by atoms with Gasteiger partial charge in [-0.25, -0.2) is 0 Å². The molecule has 0 saturated carbocycles. The summed E-state index contributed by atoms with van der Waals surface area (Å²) in [6, 6.07) is 16.3. The van der Waals surface area contributed by atoms with Crippen molar-refractivity contribution in [3.05, 3.63) is 70.3 Å². The highest BCUT2D eigenvalue weighted by Crippen LogP contribution is 2.22. The third-order valence-corrected chi connectivity index (χ3v) is 2.95. The van der Waals surface area contributed by atoms with Crippen LogP contribution in [0.5, 0.6) is 0 Å². The number of nitrogens with zero attached hydrogens (tertiary/aromatic N) is 1. The van der Waals surface area contributed by atoms with Crippen molar-refractivity contribution in [2.24, 2.45) is 0 Å². The number of non-ortho nitro benzene ring substituents is 1. The number of ether oxygens (including phenoxy) is 1. The number of nitro benzene ring substituents is 1. The van der Waals surface area contributed by atoms with Gasteiger partial charge < -0.3 is 10.1 Å². The van der Waals surface area contributed by atoms with Gasteiger partial charge >= 0.3 is 0 Å². The fourth-order valence-electron chi connectivity index (χ4n) is 1.95. The van der Waals surface area contributed by atoms with Crippen LogP contribution in [-0.4, -0.2) is 18.6 Å². The smallest absolute Gasteiger partial charge is 0.269 e. The first kappa shape index (κ1) is 14.0. The highest BCUT2D eigenvalue weighted by atomic mass is 16.6. The van der Waals surface area contributed by atoms with Gasteiger partial charge in [-0.2, -0.15) is 0 Å². The second kappa shape index (κ2) is 6.68. The molecule has 1 N–H and O–H groups in total. The van der Waals surface area contributed by atoms with Crippen LogP contribution in [-0.2, 0) is 4.74 Å². The minimum Gasteiger partial charge on any atom is -0.382 e. The number of nitrogens with one attached hydrogen (secondary N) is 1. The first-order valence-corrected chi connectivity index (χ1v) is 6.25. The molecule has 0 aliphatic rings. The number of hydrogen-bond acceptors (Lipinski definition) is 4. The molecule has 0 bridgehead atoms. The molecule has 0 spiro atoms. The Hall–Kier alpha value is -2.40. The predicted molar refractivity (Wildman–Crippen MR) is 77.8 cm³/mol. The van der Waals surface area contributed by atoms with E-state index >= 15 is 0 Å². The highest BCUT2D eigenvalue weighted by Gasteiger charge is 2.11. The molecule has 5 heteroatoms. The first-order chi connectivity index (χ1) is 9.70. The van der Waals surface area contributed by atoms with Gasteiger partial charge in [0.2, 0.25) is 0 Å². The van der Waals surface area contributed by atoms with E-state index in [4.69, 9.17) is 4.74 Å². The normalized spacial score (nSPS) is 11.8. The number of benzene rings is 2. The van der Waals surface area contributed by atoms with E-state index in [1.807, 2.05) is 30.3 Å². The van der Waals surface area contributed by atoms with Gasteiger partial charge in [-0.05, 0) is 17.7 Å². The molecule has 2 aromatic rings. The Morgan fingerprint density at radius 1 is 1.15 bits per heavy atom. The molecule has 1 unspecified atom stereocenters. The van der Waals surface area contributed by atoms with Gasteiger partial charge in [-0.3, -0.25) is 10.1 Å². The molecule has 2 rings (SSSR count). The van der Waals surface area contributed by atoms with E-state index in [9.17, 15) is 10.1 Å². The van der Waals surface area contributed by atoms with Gasteiger partial charge in [0.25, 0.3) is 5.69 Å². The van der Waals surface area contributed by atoms with Crippen LogP contribution < -0.4 is 5.32 Å². The lowest BCUT2D eigenvalue weighted by atomic mass is 10.1. The zero-order valence-corrected chi connectivity index (χ0v) is 11.2. The second-order valence-corrected chi connectivity index (χ2v) is 4.37. The molecule has 0 aliphatic carbocycles. The van der Waals surface area contributed by atoms with Crippen molar-refractivity contribution in [1.82, 2.24) is 0 Å². The van der Waals surface area contributed by atoms with Crippen molar-refractivity contribution in [2.75, 3.05) is 19.0 Å². The summed E-state index contributed by atoms with van der Waals surface area (Å²) in [7, 11) is 1.65. The largest absolute Gasteiger partial charge is 0.382 e. The Kier molecular flexibility index (Phi) is 4.68. The van der Waals surface area contributed by atoms with Crippen LogP contribution in [0.1, 0.15) is 11.6 Å². The lowest BCUT2D eigenvalue weighted by Crippen LogP contribution is -2.16. The van der Waals surface area contributed by atoms with E-state index in [-0.39, 0.29) is 11.7 Å². The van der Waals surface area contributed by atoms with Crippen LogP contribution in [0.3, 0.4) is 0 Å². The minimum absolute atomic E-state index is 0.00246. The summed E-state index contributed by atoms with van der Waals surface area (Å²) < 4.78 is 5.22. The second-order valence-electron chi connectivity index (χ2n) is 4.37. The van der Waals surface area contributed by atoms with E-state index in [0.29, 0.717) is 6.61 Å². The minimum atomic E-state index is -0.409. The zero-order valence-electron chi connectivity index (χ0n) is 11.2. The van der Waals surface area contributed by atoms with Crippen LogP contribution in [0.4, 0.5) is 11.4 Å². The lowest BCUT2D eigenvalue weighted by molar-refractivity contribution is -0.384. The number of hydrogen-bond donors (Lipinski definition) is 1. The van der Waals surface area contributed by atoms with Crippen molar-refractivity contribution >= 4 is 11.4 Å². The third-order valence-electron chi connectivity index (χ3n) is 2.95. The van der Waals surface area contributed by atoms with Crippen LogP contribution in [0.15, 0.2) is 54.6 Å². The molecule has 0 aliphatic heterocycles. The van der Waals surface area contributed by atoms with Gasteiger partial charge in [0.1, 0.15) is 0 Å². The van der Waals surface area contributed by atoms with Crippen LogP contribution in [0.2, 0.25) is 0 Å². The average molecular weight is 272 g/mol. The van der Waals surface area contributed by atoms with Crippen molar-refractivity contribution < 1.29 is 9.66 Å².